The first-order valence-corrected chi connectivity index (χ1v) is 4.65. The lowest BCUT2D eigenvalue weighted by Crippen LogP contribution is -2.00. The van der Waals surface area contributed by atoms with Crippen LogP contribution in [0.2, 0.25) is 0 Å². The normalized spacial score (nSPS) is 10.4. The molecule has 0 aliphatic carbocycles. The number of benzene rings is 1. The standard InChI is InChI=1S/C10H12N4/c1-3-14-10(11-12-13-14)9-7-5-4-6-8(9)2/h4-7H,3H2,1-2H3. The molecule has 1 aromatic carbocycles. The predicted octanol–water partition coefficient (Wildman–Crippen LogP) is 1.67. The Morgan fingerprint density at radius 1 is 1.29 bits per heavy atom. The molecule has 2 aromatic rings. The first-order valence-electron chi connectivity index (χ1n) is 4.65. The van der Waals surface area contributed by atoms with Crippen molar-refractivity contribution < 1.29 is 0 Å². The molecule has 0 saturated heterocycles. The van der Waals surface area contributed by atoms with Gasteiger partial charge in [0, 0.05) is 12.1 Å². The number of hydrogen-bond donors (Lipinski definition) is 0. The third-order valence-corrected chi connectivity index (χ3v) is 2.22. The highest BCUT2D eigenvalue weighted by Gasteiger charge is 2.08. The summed E-state index contributed by atoms with van der Waals surface area (Å²) in [6.07, 6.45) is 0. The lowest BCUT2D eigenvalue weighted by Gasteiger charge is -2.03. The quantitative estimate of drug-likeness (QED) is 0.720. The smallest absolute Gasteiger partial charge is 0.182 e. The average molecular weight is 188 g/mol. The van der Waals surface area contributed by atoms with Crippen molar-refractivity contribution >= 4 is 0 Å². The molecule has 4 heteroatoms. The summed E-state index contributed by atoms with van der Waals surface area (Å²) in [5, 5.41) is 11.6. The number of tetrazole rings is 1. The monoisotopic (exact) mass is 188 g/mol. The van der Waals surface area contributed by atoms with Crippen LogP contribution in [0.5, 0.6) is 0 Å². The molecule has 0 bridgehead atoms. The minimum atomic E-state index is 0.788. The fraction of sp³-hybridized carbons (Fsp3) is 0.300. The first-order chi connectivity index (χ1) is 6.83. The largest absolute Gasteiger partial charge is 0.226 e. The van der Waals surface area contributed by atoms with Crippen LogP contribution in [0.15, 0.2) is 24.3 Å². The summed E-state index contributed by atoms with van der Waals surface area (Å²) in [6.45, 7) is 4.87. The summed E-state index contributed by atoms with van der Waals surface area (Å²) in [5.74, 6) is 0.839. The molecule has 4 nitrogen and oxygen atoms in total. The van der Waals surface area contributed by atoms with Crippen LogP contribution in [0.25, 0.3) is 11.4 Å². The molecule has 0 fully saturated rings. The summed E-state index contributed by atoms with van der Waals surface area (Å²) < 4.78 is 1.79. The Morgan fingerprint density at radius 2 is 2.07 bits per heavy atom. The van der Waals surface area contributed by atoms with Crippen molar-refractivity contribution in [2.45, 2.75) is 20.4 Å². The highest BCUT2D eigenvalue weighted by atomic mass is 15.5. The molecule has 0 N–H and O–H groups in total. The Morgan fingerprint density at radius 3 is 2.79 bits per heavy atom. The van der Waals surface area contributed by atoms with E-state index in [1.54, 1.807) is 4.68 Å². The van der Waals surface area contributed by atoms with Crippen LogP contribution >= 0.6 is 0 Å². The Hall–Kier alpha value is -1.71. The fourth-order valence-corrected chi connectivity index (χ4v) is 1.43. The zero-order valence-electron chi connectivity index (χ0n) is 8.31. The number of hydrogen-bond acceptors (Lipinski definition) is 3. The van der Waals surface area contributed by atoms with E-state index in [9.17, 15) is 0 Å². The van der Waals surface area contributed by atoms with E-state index in [1.165, 1.54) is 5.56 Å². The van der Waals surface area contributed by atoms with Gasteiger partial charge in [-0.05, 0) is 29.8 Å². The van der Waals surface area contributed by atoms with Crippen LogP contribution in [-0.2, 0) is 6.54 Å². The molecule has 0 aliphatic rings. The van der Waals surface area contributed by atoms with Crippen LogP contribution in [0, 0.1) is 6.92 Å². The van der Waals surface area contributed by atoms with E-state index in [4.69, 9.17) is 0 Å². The maximum Gasteiger partial charge on any atom is 0.182 e. The van der Waals surface area contributed by atoms with Crippen molar-refractivity contribution in [1.82, 2.24) is 20.2 Å². The maximum absolute atomic E-state index is 4.02. The Kier molecular flexibility index (Phi) is 2.26. The summed E-state index contributed by atoms with van der Waals surface area (Å²) in [4.78, 5) is 0. The molecule has 72 valence electrons. The van der Waals surface area contributed by atoms with Crippen molar-refractivity contribution in [2.75, 3.05) is 0 Å². The van der Waals surface area contributed by atoms with Gasteiger partial charge in [0.15, 0.2) is 5.82 Å². The molecule has 0 spiro atoms. The Balaban J connectivity index is 2.54. The second-order valence-corrected chi connectivity index (χ2v) is 3.13. The second-order valence-electron chi connectivity index (χ2n) is 3.13. The maximum atomic E-state index is 4.02. The second kappa shape index (κ2) is 3.57. The van der Waals surface area contributed by atoms with E-state index >= 15 is 0 Å². The molecule has 1 aromatic heterocycles. The van der Waals surface area contributed by atoms with E-state index < -0.39 is 0 Å². The zero-order valence-corrected chi connectivity index (χ0v) is 8.31. The van der Waals surface area contributed by atoms with Crippen LogP contribution in [0.1, 0.15) is 12.5 Å². The molecular weight excluding hydrogens is 176 g/mol. The van der Waals surface area contributed by atoms with Gasteiger partial charge < -0.3 is 0 Å². The highest BCUT2D eigenvalue weighted by Crippen LogP contribution is 2.19. The van der Waals surface area contributed by atoms with Crippen LogP contribution in [0.3, 0.4) is 0 Å². The minimum absolute atomic E-state index is 0.788. The van der Waals surface area contributed by atoms with Gasteiger partial charge in [0.05, 0.1) is 0 Å². The fourth-order valence-electron chi connectivity index (χ4n) is 1.43. The van der Waals surface area contributed by atoms with E-state index in [2.05, 4.69) is 28.5 Å². The van der Waals surface area contributed by atoms with Gasteiger partial charge >= 0.3 is 0 Å². The third-order valence-electron chi connectivity index (χ3n) is 2.22. The van der Waals surface area contributed by atoms with E-state index in [1.807, 2.05) is 25.1 Å². The number of nitrogens with zero attached hydrogens (tertiary/aromatic N) is 4. The molecule has 0 unspecified atom stereocenters. The van der Waals surface area contributed by atoms with Crippen molar-refractivity contribution in [2.24, 2.45) is 0 Å². The van der Waals surface area contributed by atoms with Gasteiger partial charge in [-0.25, -0.2) is 4.68 Å². The highest BCUT2D eigenvalue weighted by molar-refractivity contribution is 5.59. The van der Waals surface area contributed by atoms with E-state index in [-0.39, 0.29) is 0 Å². The molecule has 0 atom stereocenters. The lowest BCUT2D eigenvalue weighted by molar-refractivity contribution is 0.631. The zero-order chi connectivity index (χ0) is 9.97. The molecule has 0 radical (unpaired) electrons. The lowest BCUT2D eigenvalue weighted by atomic mass is 10.1. The molecule has 2 rings (SSSR count). The molecule has 14 heavy (non-hydrogen) atoms. The summed E-state index contributed by atoms with van der Waals surface area (Å²) in [6, 6.07) is 8.10. The van der Waals surface area contributed by atoms with E-state index in [0.717, 1.165) is 17.9 Å². The Bertz CT molecular complexity index is 433. The molecule has 1 heterocycles. The number of rotatable bonds is 2. The van der Waals surface area contributed by atoms with Crippen molar-refractivity contribution in [1.29, 1.82) is 0 Å². The van der Waals surface area contributed by atoms with Crippen LogP contribution in [0.4, 0.5) is 0 Å². The first kappa shape index (κ1) is 8.87. The molecule has 0 aliphatic heterocycles. The molecular formula is C10H12N4. The summed E-state index contributed by atoms with van der Waals surface area (Å²) in [7, 11) is 0. The molecule has 0 saturated carbocycles. The van der Waals surface area contributed by atoms with Crippen molar-refractivity contribution in [3.63, 3.8) is 0 Å². The van der Waals surface area contributed by atoms with Crippen LogP contribution < -0.4 is 0 Å². The van der Waals surface area contributed by atoms with Gasteiger partial charge in [-0.2, -0.15) is 0 Å². The third kappa shape index (κ3) is 1.39. The predicted molar refractivity (Wildman–Crippen MR) is 53.7 cm³/mol. The van der Waals surface area contributed by atoms with E-state index in [0.29, 0.717) is 0 Å². The van der Waals surface area contributed by atoms with Gasteiger partial charge in [-0.15, -0.1) is 5.10 Å². The Labute approximate surface area is 82.6 Å². The minimum Gasteiger partial charge on any atom is -0.226 e. The molecule has 0 amide bonds. The average Bonchev–Trinajstić information content (AvgIpc) is 2.66. The van der Waals surface area contributed by atoms with Crippen molar-refractivity contribution in [3.8, 4) is 11.4 Å². The summed E-state index contributed by atoms with van der Waals surface area (Å²) in [5.41, 5.74) is 2.29. The number of aromatic nitrogens is 4. The number of aryl methyl sites for hydroxylation is 2. The topological polar surface area (TPSA) is 43.6 Å². The SMILES string of the molecule is CCn1nnnc1-c1ccccc1C. The van der Waals surface area contributed by atoms with Gasteiger partial charge in [0.2, 0.25) is 0 Å². The van der Waals surface area contributed by atoms with Crippen LogP contribution in [-0.4, -0.2) is 20.2 Å². The van der Waals surface area contributed by atoms with Gasteiger partial charge in [0.25, 0.3) is 0 Å². The van der Waals surface area contributed by atoms with Gasteiger partial charge in [-0.3, -0.25) is 0 Å². The summed E-state index contributed by atoms with van der Waals surface area (Å²) >= 11 is 0. The van der Waals surface area contributed by atoms with Gasteiger partial charge in [-0.1, -0.05) is 24.3 Å². The van der Waals surface area contributed by atoms with Crippen molar-refractivity contribution in [3.05, 3.63) is 29.8 Å². The van der Waals surface area contributed by atoms with Gasteiger partial charge in [0.1, 0.15) is 0 Å².